The molecule has 0 aromatic carbocycles. The van der Waals surface area contributed by atoms with Gasteiger partial charge in [-0.2, -0.15) is 0 Å². The van der Waals surface area contributed by atoms with Gasteiger partial charge in [0.25, 0.3) is 17.9 Å². The molecule has 0 radical (unpaired) electrons. The molecule has 3 unspecified atom stereocenters. The van der Waals surface area contributed by atoms with Gasteiger partial charge in [0.15, 0.2) is 0 Å². The third-order valence-corrected chi connectivity index (χ3v) is 24.6. The van der Waals surface area contributed by atoms with Gasteiger partial charge in [-0.15, -0.1) is 0 Å². The van der Waals surface area contributed by atoms with Crippen LogP contribution >= 0.6 is 62.8 Å². The summed E-state index contributed by atoms with van der Waals surface area (Å²) in [5.74, 6) is 5.55. The van der Waals surface area contributed by atoms with Crippen LogP contribution in [-0.2, 0) is 42.6 Å². The summed E-state index contributed by atoms with van der Waals surface area (Å²) in [6.07, 6.45) is 49.7. The monoisotopic (exact) mass is 1260 g/mol. The second-order valence-corrected chi connectivity index (χ2v) is 31.4. The molecule has 1 aliphatic rings. The van der Waals surface area contributed by atoms with Gasteiger partial charge in [0.2, 0.25) is 0 Å². The molecule has 0 aromatic heterocycles. The Bertz CT molecular complexity index is 1230. The summed E-state index contributed by atoms with van der Waals surface area (Å²) in [6.45, 7) is 23.7. The van der Waals surface area contributed by atoms with E-state index in [1.165, 1.54) is 228 Å². The molecule has 0 aliphatic heterocycles. The van der Waals surface area contributed by atoms with Crippen molar-refractivity contribution in [3.8, 4) is 0 Å². The van der Waals surface area contributed by atoms with E-state index in [-0.39, 0.29) is 0 Å². The quantitative estimate of drug-likeness (QED) is 0.0329. The highest BCUT2D eigenvalue weighted by Crippen LogP contribution is 2.44. The molecule has 1 rings (SSSR count). The first-order valence-corrected chi connectivity index (χ1v) is 42.0. The van der Waals surface area contributed by atoms with Crippen molar-refractivity contribution >= 4 is 62.8 Å². The topological polar surface area (TPSA) is 83.1 Å². The highest BCUT2D eigenvalue weighted by molar-refractivity contribution is 9.09. The van der Waals surface area contributed by atoms with Crippen LogP contribution in [0.15, 0.2) is 0 Å². The van der Waals surface area contributed by atoms with E-state index in [0.29, 0.717) is 59.5 Å². The lowest BCUT2D eigenvalue weighted by Gasteiger charge is -2.36. The minimum Gasteiger partial charge on any atom is -0.328 e. The van der Waals surface area contributed by atoms with Gasteiger partial charge in [-0.3, -0.25) is 0 Å². The molecule has 1 saturated carbocycles. The molecule has 0 bridgehead atoms. The summed E-state index contributed by atoms with van der Waals surface area (Å²) < 4.78 is 53.2. The van der Waals surface area contributed by atoms with Crippen LogP contribution in [0.4, 0.5) is 0 Å². The number of hydrogen-bond donors (Lipinski definition) is 0. The molecule has 9 nitrogen and oxygen atoms in total. The highest BCUT2D eigenvalue weighted by atomic mass is 33.5. The molecule has 1 fully saturated rings. The molecular weight excluding hydrogens is 1130 g/mol. The molecule has 0 amide bonds. The largest absolute Gasteiger partial charge is 0.328 e. The first-order valence-electron chi connectivity index (χ1n) is 34.4. The van der Waals surface area contributed by atoms with Crippen LogP contribution in [0, 0.1) is 17.8 Å². The maximum Gasteiger partial charge on any atom is 0.282 e. The maximum atomic E-state index is 5.94. The summed E-state index contributed by atoms with van der Waals surface area (Å²) >= 11 is 0. The molecule has 486 valence electrons. The molecule has 15 heteroatoms. The summed E-state index contributed by atoms with van der Waals surface area (Å²) in [5, 5.41) is 0. The third kappa shape index (κ3) is 44.8. The smallest absolute Gasteiger partial charge is 0.282 e. The van der Waals surface area contributed by atoms with Gasteiger partial charge in [0.05, 0.1) is 0 Å². The first kappa shape index (κ1) is 80.8. The number of ether oxygens (including phenoxy) is 9. The van der Waals surface area contributed by atoms with Gasteiger partial charge in [-0.1, -0.05) is 210 Å². The summed E-state index contributed by atoms with van der Waals surface area (Å²) in [4.78, 5) is 0. The van der Waals surface area contributed by atoms with E-state index in [9.17, 15) is 0 Å². The van der Waals surface area contributed by atoms with Crippen LogP contribution in [0.5, 0.6) is 0 Å². The second-order valence-electron chi connectivity index (χ2n) is 22.4. The van der Waals surface area contributed by atoms with E-state index >= 15 is 0 Å². The van der Waals surface area contributed by atoms with Crippen molar-refractivity contribution in [1.29, 1.82) is 0 Å². The first-order chi connectivity index (χ1) is 39.8. The lowest BCUT2D eigenvalue weighted by molar-refractivity contribution is -0.380. The molecule has 3 atom stereocenters. The Morgan fingerprint density at radius 2 is 0.519 bits per heavy atom. The number of rotatable bonds is 66. The summed E-state index contributed by atoms with van der Waals surface area (Å²) in [6, 6.07) is 0. The Morgan fingerprint density at radius 3 is 0.827 bits per heavy atom. The Balaban J connectivity index is 2.31. The van der Waals surface area contributed by atoms with Crippen LogP contribution < -0.4 is 0 Å². The number of hydrogen-bond acceptors (Lipinski definition) is 15. The zero-order valence-electron chi connectivity index (χ0n) is 54.4. The molecule has 0 N–H and O–H groups in total. The summed E-state index contributed by atoms with van der Waals surface area (Å²) in [5.41, 5.74) is 0. The van der Waals surface area contributed by atoms with Crippen molar-refractivity contribution in [2.24, 2.45) is 17.8 Å². The van der Waals surface area contributed by atoms with Crippen molar-refractivity contribution in [2.75, 3.05) is 82.5 Å². The van der Waals surface area contributed by atoms with Crippen molar-refractivity contribution in [1.82, 2.24) is 0 Å². The lowest BCUT2D eigenvalue weighted by Crippen LogP contribution is -2.39. The van der Waals surface area contributed by atoms with Crippen LogP contribution in [0.1, 0.15) is 306 Å². The minimum absolute atomic E-state index is 0.611. The van der Waals surface area contributed by atoms with E-state index in [0.717, 1.165) is 56.3 Å². The average Bonchev–Trinajstić information content (AvgIpc) is 3.45. The SMILES string of the molecule is CCOC(CCCCCCCCCCCCSSSCCC1CCC(CCSSSCCCCCCCCCCCCC(OCC)(OCC)OCC)C(CCCCCCCCCCCC(OCC)(OCC)OCC)C1)(OCC)OCC. The minimum atomic E-state index is -0.848. The maximum absolute atomic E-state index is 5.94. The Morgan fingerprint density at radius 1 is 0.259 bits per heavy atom. The van der Waals surface area contributed by atoms with E-state index < -0.39 is 17.9 Å². The summed E-state index contributed by atoms with van der Waals surface area (Å²) in [7, 11) is 12.7. The zero-order valence-corrected chi connectivity index (χ0v) is 59.3. The normalized spacial score (nSPS) is 16.3. The predicted octanol–water partition coefficient (Wildman–Crippen LogP) is 23.0. The predicted molar refractivity (Wildman–Crippen MR) is 364 cm³/mol. The van der Waals surface area contributed by atoms with Crippen molar-refractivity contribution in [3.63, 3.8) is 0 Å². The fraction of sp³-hybridized carbons (Fsp3) is 1.00. The standard InChI is InChI=1S/C66H132O9S6/c1-10-67-64(68-11-2,69-12-3)53-43-37-31-25-19-21-28-34-40-46-56-76-80-78-58-51-61-49-50-62(63(60-61)48-42-36-30-24-23-27-33-39-45-55-66(73-16-7,74-17-8)75-18-9)52-59-79-81-77-57-47-41-35-29-22-20-26-32-38-44-54-65(70-13-4,71-14-5)72-15-6/h61-63H,10-60H2,1-9H3. The third-order valence-electron chi connectivity index (χ3n) is 15.9. The second kappa shape index (κ2) is 59.4. The van der Waals surface area contributed by atoms with Crippen molar-refractivity contribution in [3.05, 3.63) is 0 Å². The van der Waals surface area contributed by atoms with Gasteiger partial charge >= 0.3 is 0 Å². The number of unbranched alkanes of at least 4 members (excludes halogenated alkanes) is 26. The van der Waals surface area contributed by atoms with Gasteiger partial charge in [0, 0.05) is 102 Å². The fourth-order valence-electron chi connectivity index (χ4n) is 11.9. The molecule has 0 aromatic rings. The van der Waals surface area contributed by atoms with Gasteiger partial charge < -0.3 is 42.6 Å². The average molecular weight is 1260 g/mol. The van der Waals surface area contributed by atoms with Gasteiger partial charge in [-0.25, -0.2) is 0 Å². The molecule has 0 heterocycles. The van der Waals surface area contributed by atoms with Crippen LogP contribution in [0.3, 0.4) is 0 Å². The Kier molecular flexibility index (Phi) is 59.2. The zero-order chi connectivity index (χ0) is 58.9. The van der Waals surface area contributed by atoms with Crippen LogP contribution in [-0.4, -0.2) is 100 Å². The molecular formula is C66H132O9S6. The van der Waals surface area contributed by atoms with Gasteiger partial charge in [0.1, 0.15) is 0 Å². The fourth-order valence-corrected chi connectivity index (χ4v) is 19.9. The van der Waals surface area contributed by atoms with Crippen molar-refractivity contribution < 1.29 is 42.6 Å². The van der Waals surface area contributed by atoms with E-state index in [1.807, 2.05) is 62.3 Å². The molecule has 0 spiro atoms. The van der Waals surface area contributed by atoms with E-state index in [2.05, 4.69) is 62.8 Å². The molecule has 81 heavy (non-hydrogen) atoms. The Labute approximate surface area is 526 Å². The highest BCUT2D eigenvalue weighted by Gasteiger charge is 2.34. The molecule has 1 aliphatic carbocycles. The molecule has 0 saturated heterocycles. The lowest BCUT2D eigenvalue weighted by atomic mass is 9.70. The van der Waals surface area contributed by atoms with Crippen LogP contribution in [0.25, 0.3) is 0 Å². The van der Waals surface area contributed by atoms with E-state index in [4.69, 9.17) is 42.6 Å². The van der Waals surface area contributed by atoms with Crippen molar-refractivity contribution in [2.45, 2.75) is 324 Å². The van der Waals surface area contributed by atoms with Gasteiger partial charge in [-0.05, 0) is 158 Å². The van der Waals surface area contributed by atoms with Crippen LogP contribution in [0.2, 0.25) is 0 Å². The van der Waals surface area contributed by atoms with E-state index in [1.54, 1.807) is 0 Å². The Hall–Kier alpha value is 1.74.